The minimum absolute atomic E-state index is 0.00374. The largest absolute Gasteiger partial charge is 0.497 e. The van der Waals surface area contributed by atoms with E-state index in [4.69, 9.17) is 4.74 Å². The van der Waals surface area contributed by atoms with Gasteiger partial charge in [0.2, 0.25) is 0 Å². The standard InChI is InChI=1S/C18H19N3O2S/c1-4-21-17(22)16(12-14-6-5-11-20(14)2)24-18(21)19-13-7-9-15(23-3)10-8-13/h5-12H,4H2,1-3H3/b16-12+,19-18?. The predicted octanol–water partition coefficient (Wildman–Crippen LogP) is 3.66. The van der Waals surface area contributed by atoms with Gasteiger partial charge in [-0.1, -0.05) is 0 Å². The number of likely N-dealkylation sites (N-methyl/N-ethyl adjacent to an activating group) is 1. The fourth-order valence-electron chi connectivity index (χ4n) is 2.40. The number of thioether (sulfide) groups is 1. The number of aromatic nitrogens is 1. The maximum atomic E-state index is 12.6. The Morgan fingerprint density at radius 1 is 1.25 bits per heavy atom. The van der Waals surface area contributed by atoms with Crippen LogP contribution in [-0.4, -0.2) is 34.2 Å². The van der Waals surface area contributed by atoms with Crippen molar-refractivity contribution in [2.45, 2.75) is 6.92 Å². The molecule has 2 heterocycles. The number of carbonyl (C=O) groups is 1. The van der Waals surface area contributed by atoms with E-state index in [1.54, 1.807) is 12.0 Å². The molecular formula is C18H19N3O2S. The highest BCUT2D eigenvalue weighted by atomic mass is 32.2. The SMILES string of the molecule is CCN1C(=O)/C(=C\c2cccn2C)SC1=Nc1ccc(OC)cc1. The quantitative estimate of drug-likeness (QED) is 0.798. The summed E-state index contributed by atoms with van der Waals surface area (Å²) in [5, 5.41) is 0.702. The van der Waals surface area contributed by atoms with Gasteiger partial charge in [-0.05, 0) is 61.2 Å². The second kappa shape index (κ2) is 6.97. The Bertz CT molecular complexity index is 806. The van der Waals surface area contributed by atoms with Crippen LogP contribution in [0.2, 0.25) is 0 Å². The van der Waals surface area contributed by atoms with Gasteiger partial charge in [0, 0.05) is 25.5 Å². The van der Waals surface area contributed by atoms with Crippen molar-refractivity contribution >= 4 is 34.6 Å². The van der Waals surface area contributed by atoms with Gasteiger partial charge in [-0.3, -0.25) is 9.69 Å². The average molecular weight is 341 g/mol. The van der Waals surface area contributed by atoms with Crippen LogP contribution in [0, 0.1) is 0 Å². The minimum Gasteiger partial charge on any atom is -0.497 e. The van der Waals surface area contributed by atoms with Crippen LogP contribution < -0.4 is 4.74 Å². The topological polar surface area (TPSA) is 46.8 Å². The Labute approximate surface area is 145 Å². The van der Waals surface area contributed by atoms with Crippen molar-refractivity contribution in [2.24, 2.45) is 12.0 Å². The lowest BCUT2D eigenvalue weighted by Gasteiger charge is -2.12. The molecule has 0 radical (unpaired) electrons. The number of amides is 1. The average Bonchev–Trinajstić information content (AvgIpc) is 3.12. The number of hydrogen-bond donors (Lipinski definition) is 0. The van der Waals surface area contributed by atoms with Crippen molar-refractivity contribution in [1.82, 2.24) is 9.47 Å². The van der Waals surface area contributed by atoms with E-state index in [1.807, 2.05) is 67.2 Å². The van der Waals surface area contributed by atoms with Gasteiger partial charge in [0.05, 0.1) is 17.7 Å². The van der Waals surface area contributed by atoms with Gasteiger partial charge in [0.25, 0.3) is 5.91 Å². The molecule has 0 aliphatic carbocycles. The van der Waals surface area contributed by atoms with Crippen molar-refractivity contribution in [3.05, 3.63) is 53.2 Å². The van der Waals surface area contributed by atoms with Gasteiger partial charge in [-0.15, -0.1) is 0 Å². The summed E-state index contributed by atoms with van der Waals surface area (Å²) in [5.74, 6) is 0.779. The van der Waals surface area contributed by atoms with E-state index in [0.29, 0.717) is 16.6 Å². The Kier molecular flexibility index (Phi) is 4.76. The Morgan fingerprint density at radius 3 is 2.58 bits per heavy atom. The fraction of sp³-hybridized carbons (Fsp3) is 0.222. The summed E-state index contributed by atoms with van der Waals surface area (Å²) >= 11 is 1.41. The zero-order valence-corrected chi connectivity index (χ0v) is 14.7. The van der Waals surface area contributed by atoms with E-state index in [2.05, 4.69) is 4.99 Å². The summed E-state index contributed by atoms with van der Waals surface area (Å²) in [4.78, 5) is 19.6. The zero-order chi connectivity index (χ0) is 17.1. The van der Waals surface area contributed by atoms with Crippen LogP contribution in [0.5, 0.6) is 5.75 Å². The Balaban J connectivity index is 1.90. The maximum Gasteiger partial charge on any atom is 0.266 e. The van der Waals surface area contributed by atoms with E-state index in [0.717, 1.165) is 17.1 Å². The highest BCUT2D eigenvalue weighted by molar-refractivity contribution is 8.18. The van der Waals surface area contributed by atoms with Crippen LogP contribution in [0.3, 0.4) is 0 Å². The number of aryl methyl sites for hydroxylation is 1. The van der Waals surface area contributed by atoms with Gasteiger partial charge in [-0.2, -0.15) is 0 Å². The molecule has 3 rings (SSSR count). The van der Waals surface area contributed by atoms with Crippen LogP contribution in [-0.2, 0) is 11.8 Å². The molecule has 6 heteroatoms. The highest BCUT2D eigenvalue weighted by Gasteiger charge is 2.32. The lowest BCUT2D eigenvalue weighted by molar-refractivity contribution is -0.122. The van der Waals surface area contributed by atoms with Crippen molar-refractivity contribution in [2.75, 3.05) is 13.7 Å². The highest BCUT2D eigenvalue weighted by Crippen LogP contribution is 2.34. The number of rotatable bonds is 4. The minimum atomic E-state index is -0.00374. The first-order valence-electron chi connectivity index (χ1n) is 7.68. The summed E-state index contributed by atoms with van der Waals surface area (Å²) in [6.07, 6.45) is 3.87. The van der Waals surface area contributed by atoms with E-state index < -0.39 is 0 Å². The third kappa shape index (κ3) is 3.23. The van der Waals surface area contributed by atoms with E-state index in [-0.39, 0.29) is 5.91 Å². The van der Waals surface area contributed by atoms with Gasteiger partial charge < -0.3 is 9.30 Å². The molecular weight excluding hydrogens is 322 g/mol. The third-order valence-corrected chi connectivity index (χ3v) is 4.77. The summed E-state index contributed by atoms with van der Waals surface area (Å²) in [6, 6.07) is 11.4. The molecule has 1 aliphatic heterocycles. The van der Waals surface area contributed by atoms with Gasteiger partial charge >= 0.3 is 0 Å². The molecule has 0 N–H and O–H groups in total. The first-order chi connectivity index (χ1) is 11.6. The molecule has 1 amide bonds. The monoisotopic (exact) mass is 341 g/mol. The number of ether oxygens (including phenoxy) is 1. The Morgan fingerprint density at radius 2 is 2.00 bits per heavy atom. The molecule has 0 bridgehead atoms. The number of hydrogen-bond acceptors (Lipinski definition) is 4. The number of aliphatic imine (C=N–C) groups is 1. The maximum absolute atomic E-state index is 12.6. The van der Waals surface area contributed by atoms with Crippen LogP contribution in [0.4, 0.5) is 5.69 Å². The predicted molar refractivity (Wildman–Crippen MR) is 98.5 cm³/mol. The van der Waals surface area contributed by atoms with Crippen molar-refractivity contribution < 1.29 is 9.53 Å². The number of carbonyl (C=O) groups excluding carboxylic acids is 1. The first kappa shape index (κ1) is 16.4. The fourth-order valence-corrected chi connectivity index (χ4v) is 3.44. The van der Waals surface area contributed by atoms with Crippen LogP contribution in [0.25, 0.3) is 6.08 Å². The lowest BCUT2D eigenvalue weighted by atomic mass is 10.3. The lowest BCUT2D eigenvalue weighted by Crippen LogP contribution is -2.28. The molecule has 24 heavy (non-hydrogen) atoms. The molecule has 0 unspecified atom stereocenters. The number of amidine groups is 1. The molecule has 1 fully saturated rings. The molecule has 2 aromatic rings. The van der Waals surface area contributed by atoms with E-state index in [9.17, 15) is 4.79 Å². The summed E-state index contributed by atoms with van der Waals surface area (Å²) in [7, 11) is 3.59. The third-order valence-electron chi connectivity index (χ3n) is 3.76. The molecule has 0 spiro atoms. The molecule has 1 aliphatic rings. The summed E-state index contributed by atoms with van der Waals surface area (Å²) in [5.41, 5.74) is 1.79. The molecule has 5 nitrogen and oxygen atoms in total. The number of methoxy groups -OCH3 is 1. The van der Waals surface area contributed by atoms with Gasteiger partial charge in [0.15, 0.2) is 5.17 Å². The molecule has 1 aromatic heterocycles. The molecule has 1 aromatic carbocycles. The van der Waals surface area contributed by atoms with E-state index >= 15 is 0 Å². The van der Waals surface area contributed by atoms with Gasteiger partial charge in [0.1, 0.15) is 5.75 Å². The van der Waals surface area contributed by atoms with Crippen molar-refractivity contribution in [1.29, 1.82) is 0 Å². The molecule has 0 saturated carbocycles. The van der Waals surface area contributed by atoms with Crippen molar-refractivity contribution in [3.8, 4) is 5.75 Å². The second-order valence-electron chi connectivity index (χ2n) is 5.30. The summed E-state index contributed by atoms with van der Waals surface area (Å²) in [6.45, 7) is 2.54. The second-order valence-corrected chi connectivity index (χ2v) is 6.31. The van der Waals surface area contributed by atoms with Gasteiger partial charge in [-0.25, -0.2) is 4.99 Å². The zero-order valence-electron chi connectivity index (χ0n) is 13.9. The van der Waals surface area contributed by atoms with Crippen LogP contribution in [0.15, 0.2) is 52.5 Å². The van der Waals surface area contributed by atoms with Crippen molar-refractivity contribution in [3.63, 3.8) is 0 Å². The summed E-state index contributed by atoms with van der Waals surface area (Å²) < 4.78 is 7.14. The van der Waals surface area contributed by atoms with Crippen LogP contribution >= 0.6 is 11.8 Å². The van der Waals surface area contributed by atoms with Crippen LogP contribution in [0.1, 0.15) is 12.6 Å². The normalized spacial score (nSPS) is 18.0. The molecule has 1 saturated heterocycles. The number of nitrogens with zero attached hydrogens (tertiary/aromatic N) is 3. The first-order valence-corrected chi connectivity index (χ1v) is 8.49. The molecule has 0 atom stereocenters. The Hall–Kier alpha value is -2.47. The van der Waals surface area contributed by atoms with E-state index in [1.165, 1.54) is 11.8 Å². The molecule has 124 valence electrons. The smallest absolute Gasteiger partial charge is 0.266 e. The number of benzene rings is 1.